The maximum absolute atomic E-state index is 12.6. The summed E-state index contributed by atoms with van der Waals surface area (Å²) in [5.74, 6) is -0.331. The van der Waals surface area contributed by atoms with Gasteiger partial charge in [-0.15, -0.1) is 0 Å². The number of aromatic carboxylic acids is 1. The van der Waals surface area contributed by atoms with Crippen LogP contribution in [0, 0.1) is 6.92 Å². The van der Waals surface area contributed by atoms with Gasteiger partial charge in [0.25, 0.3) is 5.91 Å². The third-order valence-electron chi connectivity index (χ3n) is 3.58. The van der Waals surface area contributed by atoms with E-state index in [0.717, 1.165) is 0 Å². The number of benzene rings is 2. The van der Waals surface area contributed by atoms with Gasteiger partial charge < -0.3 is 19.9 Å². The highest BCUT2D eigenvalue weighted by Gasteiger charge is 2.14. The van der Waals surface area contributed by atoms with E-state index in [1.54, 1.807) is 37.3 Å². The van der Waals surface area contributed by atoms with Crippen molar-refractivity contribution in [3.63, 3.8) is 0 Å². The average molecular weight is 343 g/mol. The zero-order valence-electron chi connectivity index (χ0n) is 14.5. The highest BCUT2D eigenvalue weighted by atomic mass is 16.5. The molecule has 0 fully saturated rings. The second-order valence-corrected chi connectivity index (χ2v) is 5.30. The fraction of sp³-hybridized carbons (Fsp3) is 0.263. The van der Waals surface area contributed by atoms with Gasteiger partial charge in [0.05, 0.1) is 18.8 Å². The van der Waals surface area contributed by atoms with Gasteiger partial charge in [0.2, 0.25) is 0 Å². The van der Waals surface area contributed by atoms with Gasteiger partial charge in [0, 0.05) is 17.3 Å². The molecule has 0 spiro atoms. The molecule has 25 heavy (non-hydrogen) atoms. The molecule has 0 saturated heterocycles. The molecule has 0 aliphatic heterocycles. The first-order chi connectivity index (χ1) is 12.0. The number of carboxylic acids is 1. The summed E-state index contributed by atoms with van der Waals surface area (Å²) in [5, 5.41) is 11.9. The lowest BCUT2D eigenvalue weighted by molar-refractivity contribution is 0.0695. The van der Waals surface area contributed by atoms with E-state index in [9.17, 15) is 14.7 Å². The quantitative estimate of drug-likeness (QED) is 0.800. The summed E-state index contributed by atoms with van der Waals surface area (Å²) in [4.78, 5) is 23.8. The number of rotatable bonds is 7. The Morgan fingerprint density at radius 2 is 1.64 bits per heavy atom. The van der Waals surface area contributed by atoms with E-state index in [4.69, 9.17) is 9.47 Å². The normalized spacial score (nSPS) is 10.2. The minimum atomic E-state index is -1.04. The monoisotopic (exact) mass is 343 g/mol. The number of carbonyl (C=O) groups excluding carboxylic acids is 1. The van der Waals surface area contributed by atoms with Crippen molar-refractivity contribution < 1.29 is 24.2 Å². The van der Waals surface area contributed by atoms with Crippen LogP contribution in [0.3, 0.4) is 0 Å². The maximum atomic E-state index is 12.6. The predicted molar refractivity (Wildman–Crippen MR) is 94.9 cm³/mol. The molecule has 132 valence electrons. The smallest absolute Gasteiger partial charge is 0.336 e. The summed E-state index contributed by atoms with van der Waals surface area (Å²) in [7, 11) is 0. The van der Waals surface area contributed by atoms with Crippen molar-refractivity contribution in [2.45, 2.75) is 20.8 Å². The first-order valence-corrected chi connectivity index (χ1v) is 8.01. The number of amides is 1. The zero-order valence-corrected chi connectivity index (χ0v) is 14.5. The Labute approximate surface area is 146 Å². The molecular weight excluding hydrogens is 322 g/mol. The van der Waals surface area contributed by atoms with Crippen molar-refractivity contribution in [3.8, 4) is 11.5 Å². The van der Waals surface area contributed by atoms with Gasteiger partial charge in [0.15, 0.2) is 0 Å². The summed E-state index contributed by atoms with van der Waals surface area (Å²) >= 11 is 0. The summed E-state index contributed by atoms with van der Waals surface area (Å²) < 4.78 is 10.9. The van der Waals surface area contributed by atoms with Crippen molar-refractivity contribution >= 4 is 17.6 Å². The second kappa shape index (κ2) is 8.19. The first kappa shape index (κ1) is 18.3. The Balaban J connectivity index is 2.32. The van der Waals surface area contributed by atoms with Crippen molar-refractivity contribution in [2.75, 3.05) is 18.5 Å². The minimum Gasteiger partial charge on any atom is -0.494 e. The number of carboxylic acid groups (broad SMARTS) is 1. The number of hydrogen-bond donors (Lipinski definition) is 2. The van der Waals surface area contributed by atoms with E-state index in [1.165, 1.54) is 6.07 Å². The van der Waals surface area contributed by atoms with Crippen LogP contribution in [0.15, 0.2) is 36.4 Å². The molecule has 0 aliphatic rings. The molecular formula is C19H21NO5. The Morgan fingerprint density at radius 1 is 1.04 bits per heavy atom. The first-order valence-electron chi connectivity index (χ1n) is 8.01. The molecule has 2 aromatic carbocycles. The number of ether oxygens (including phenoxy) is 2. The van der Waals surface area contributed by atoms with Crippen LogP contribution in [0.5, 0.6) is 11.5 Å². The van der Waals surface area contributed by atoms with Crippen LogP contribution >= 0.6 is 0 Å². The Hall–Kier alpha value is -3.02. The van der Waals surface area contributed by atoms with Crippen LogP contribution in [-0.2, 0) is 0 Å². The van der Waals surface area contributed by atoms with E-state index in [0.29, 0.717) is 41.5 Å². The topological polar surface area (TPSA) is 84.9 Å². The molecule has 0 heterocycles. The van der Waals surface area contributed by atoms with Gasteiger partial charge >= 0.3 is 5.97 Å². The lowest BCUT2D eigenvalue weighted by Crippen LogP contribution is -2.14. The Bertz CT molecular complexity index is 761. The van der Waals surface area contributed by atoms with Gasteiger partial charge in [-0.25, -0.2) is 4.79 Å². The van der Waals surface area contributed by atoms with Gasteiger partial charge in [-0.3, -0.25) is 4.79 Å². The van der Waals surface area contributed by atoms with E-state index >= 15 is 0 Å². The fourth-order valence-electron chi connectivity index (χ4n) is 2.40. The summed E-state index contributed by atoms with van der Waals surface area (Å²) in [5.41, 5.74) is 1.46. The van der Waals surface area contributed by atoms with Crippen molar-refractivity contribution in [1.29, 1.82) is 0 Å². The molecule has 0 radical (unpaired) electrons. The zero-order chi connectivity index (χ0) is 18.4. The van der Waals surface area contributed by atoms with Crippen LogP contribution in [0.1, 0.15) is 40.1 Å². The predicted octanol–water partition coefficient (Wildman–Crippen LogP) is 3.74. The number of anilines is 1. The lowest BCUT2D eigenvalue weighted by Gasteiger charge is -2.13. The number of nitrogens with one attached hydrogen (secondary N) is 1. The second-order valence-electron chi connectivity index (χ2n) is 5.30. The summed E-state index contributed by atoms with van der Waals surface area (Å²) in [6.45, 7) is 6.30. The third-order valence-corrected chi connectivity index (χ3v) is 3.58. The highest BCUT2D eigenvalue weighted by molar-refractivity contribution is 6.06. The maximum Gasteiger partial charge on any atom is 0.336 e. The van der Waals surface area contributed by atoms with Crippen molar-refractivity contribution in [2.24, 2.45) is 0 Å². The van der Waals surface area contributed by atoms with E-state index < -0.39 is 5.97 Å². The van der Waals surface area contributed by atoms with E-state index in [-0.39, 0.29) is 11.5 Å². The lowest BCUT2D eigenvalue weighted by atomic mass is 10.1. The van der Waals surface area contributed by atoms with Gasteiger partial charge in [0.1, 0.15) is 11.5 Å². The molecule has 0 atom stereocenters. The van der Waals surface area contributed by atoms with Crippen molar-refractivity contribution in [1.82, 2.24) is 0 Å². The van der Waals surface area contributed by atoms with Gasteiger partial charge in [-0.05, 0) is 50.6 Å². The minimum absolute atomic E-state index is 0.149. The summed E-state index contributed by atoms with van der Waals surface area (Å²) in [6, 6.07) is 9.72. The molecule has 2 N–H and O–H groups in total. The number of hydrogen-bond acceptors (Lipinski definition) is 4. The van der Waals surface area contributed by atoms with Crippen LogP contribution < -0.4 is 14.8 Å². The van der Waals surface area contributed by atoms with Crippen molar-refractivity contribution in [3.05, 3.63) is 53.1 Å². The van der Waals surface area contributed by atoms with Gasteiger partial charge in [-0.2, -0.15) is 0 Å². The molecule has 6 nitrogen and oxygen atoms in total. The van der Waals surface area contributed by atoms with E-state index in [2.05, 4.69) is 5.32 Å². The third kappa shape index (κ3) is 4.50. The fourth-order valence-corrected chi connectivity index (χ4v) is 2.40. The Morgan fingerprint density at radius 3 is 2.16 bits per heavy atom. The van der Waals surface area contributed by atoms with Crippen LogP contribution in [0.4, 0.5) is 5.69 Å². The average Bonchev–Trinajstić information content (AvgIpc) is 2.57. The van der Waals surface area contributed by atoms with E-state index in [1.807, 2.05) is 13.8 Å². The molecule has 0 aromatic heterocycles. The number of carbonyl (C=O) groups is 2. The molecule has 0 bridgehead atoms. The Kier molecular flexibility index (Phi) is 6.00. The molecule has 0 unspecified atom stereocenters. The summed E-state index contributed by atoms with van der Waals surface area (Å²) in [6.07, 6.45) is 0. The highest BCUT2D eigenvalue weighted by Crippen LogP contribution is 2.25. The standard InChI is InChI=1S/C19H21NO5/c1-4-24-14-9-13(10-15(11-14)25-5-2)18(21)20-17-8-6-7-16(12(17)3)19(22)23/h6-11H,4-5H2,1-3H3,(H,20,21)(H,22,23). The molecule has 0 saturated carbocycles. The van der Waals surface area contributed by atoms with Crippen LogP contribution in [0.2, 0.25) is 0 Å². The molecule has 2 aromatic rings. The molecule has 0 aliphatic carbocycles. The van der Waals surface area contributed by atoms with Crippen LogP contribution in [0.25, 0.3) is 0 Å². The largest absolute Gasteiger partial charge is 0.494 e. The molecule has 1 amide bonds. The molecule has 2 rings (SSSR count). The molecule has 6 heteroatoms. The SMILES string of the molecule is CCOc1cc(OCC)cc(C(=O)Nc2cccc(C(=O)O)c2C)c1. The van der Waals surface area contributed by atoms with Gasteiger partial charge in [-0.1, -0.05) is 6.07 Å². The van der Waals surface area contributed by atoms with Crippen LogP contribution in [-0.4, -0.2) is 30.2 Å².